The molecule has 0 heterocycles. The van der Waals surface area contributed by atoms with Crippen molar-refractivity contribution in [1.82, 2.24) is 5.43 Å². The molecule has 170 valence electrons. The summed E-state index contributed by atoms with van der Waals surface area (Å²) in [5, 5.41) is 6.19. The Labute approximate surface area is 199 Å². The molecule has 0 unspecified atom stereocenters. The maximum absolute atomic E-state index is 13.0. The molecule has 34 heavy (non-hydrogen) atoms. The van der Waals surface area contributed by atoms with E-state index in [4.69, 9.17) is 21.1 Å². The zero-order valence-corrected chi connectivity index (χ0v) is 18.5. The van der Waals surface area contributed by atoms with Crippen LogP contribution in [0, 0.1) is 5.82 Å². The third-order valence-electron chi connectivity index (χ3n) is 4.78. The van der Waals surface area contributed by atoms with Crippen molar-refractivity contribution in [3.63, 3.8) is 0 Å². The van der Waals surface area contributed by atoms with Gasteiger partial charge in [0.15, 0.2) is 6.61 Å². The van der Waals surface area contributed by atoms with Crippen LogP contribution in [-0.2, 0) is 4.79 Å². The van der Waals surface area contributed by atoms with Crippen molar-refractivity contribution in [3.8, 4) is 11.5 Å². The Morgan fingerprint density at radius 2 is 1.68 bits per heavy atom. The minimum absolute atomic E-state index is 0.277. The van der Waals surface area contributed by atoms with E-state index in [0.29, 0.717) is 21.9 Å². The molecule has 1 N–H and O–H groups in total. The summed E-state index contributed by atoms with van der Waals surface area (Å²) in [6.07, 6.45) is 1.41. The number of ether oxygens (including phenoxy) is 2. The van der Waals surface area contributed by atoms with Crippen LogP contribution in [0.2, 0.25) is 5.02 Å². The summed E-state index contributed by atoms with van der Waals surface area (Å²) in [6, 6.07) is 22.6. The highest BCUT2D eigenvalue weighted by Gasteiger charge is 2.14. The van der Waals surface area contributed by atoms with Crippen LogP contribution in [0.15, 0.2) is 90.0 Å². The molecule has 0 bridgehead atoms. The van der Waals surface area contributed by atoms with Crippen molar-refractivity contribution in [2.75, 3.05) is 6.61 Å². The molecule has 6 nitrogen and oxygen atoms in total. The van der Waals surface area contributed by atoms with Gasteiger partial charge in [-0.15, -0.1) is 0 Å². The topological polar surface area (TPSA) is 77.0 Å². The first kappa shape index (κ1) is 22.9. The lowest BCUT2D eigenvalue weighted by molar-refractivity contribution is -0.123. The summed E-state index contributed by atoms with van der Waals surface area (Å²) < 4.78 is 23.9. The molecule has 0 radical (unpaired) electrons. The number of benzene rings is 4. The van der Waals surface area contributed by atoms with Crippen LogP contribution in [0.5, 0.6) is 11.5 Å². The second-order valence-corrected chi connectivity index (χ2v) is 7.57. The van der Waals surface area contributed by atoms with Gasteiger partial charge in [-0.25, -0.2) is 14.6 Å². The second-order valence-electron chi connectivity index (χ2n) is 7.13. The predicted octanol–water partition coefficient (Wildman–Crippen LogP) is 5.38. The van der Waals surface area contributed by atoms with Gasteiger partial charge in [-0.1, -0.05) is 41.9 Å². The number of esters is 1. The number of fused-ring (bicyclic) bond motifs is 1. The van der Waals surface area contributed by atoms with Gasteiger partial charge in [0.25, 0.3) is 5.91 Å². The minimum atomic E-state index is -0.557. The van der Waals surface area contributed by atoms with Gasteiger partial charge in [-0.05, 0) is 65.4 Å². The van der Waals surface area contributed by atoms with Crippen LogP contribution in [0.3, 0.4) is 0 Å². The van der Waals surface area contributed by atoms with Crippen LogP contribution < -0.4 is 14.9 Å². The maximum Gasteiger partial charge on any atom is 0.343 e. The highest BCUT2D eigenvalue weighted by atomic mass is 35.5. The quantitative estimate of drug-likeness (QED) is 0.168. The standard InChI is InChI=1S/C26H18ClFN2O4/c27-19-8-5-18(6-9-19)26(32)34-24-14-7-17-3-1-2-4-22(17)23(24)15-29-30-25(31)16-33-21-12-10-20(28)11-13-21/h1-15H,16H2,(H,30,31). The molecule has 0 saturated heterocycles. The molecule has 4 rings (SSSR count). The summed E-state index contributed by atoms with van der Waals surface area (Å²) in [5.74, 6) is -0.840. The minimum Gasteiger partial charge on any atom is -0.484 e. The molecule has 0 saturated carbocycles. The number of carbonyl (C=O) groups excluding carboxylic acids is 2. The molecule has 0 aliphatic carbocycles. The highest BCUT2D eigenvalue weighted by Crippen LogP contribution is 2.27. The number of hydrazone groups is 1. The Kier molecular flexibility index (Phi) is 7.15. The Hall–Kier alpha value is -4.23. The lowest BCUT2D eigenvalue weighted by atomic mass is 10.0. The molecule has 0 fully saturated rings. The molecule has 0 aromatic heterocycles. The van der Waals surface area contributed by atoms with Crippen LogP contribution in [0.25, 0.3) is 10.8 Å². The van der Waals surface area contributed by atoms with Crippen molar-refractivity contribution in [2.45, 2.75) is 0 Å². The average molecular weight is 477 g/mol. The predicted molar refractivity (Wildman–Crippen MR) is 128 cm³/mol. The SMILES string of the molecule is O=C(COc1ccc(F)cc1)NN=Cc1c(OC(=O)c2ccc(Cl)cc2)ccc2ccccc12. The van der Waals surface area contributed by atoms with E-state index in [-0.39, 0.29) is 12.4 Å². The highest BCUT2D eigenvalue weighted by molar-refractivity contribution is 6.30. The van der Waals surface area contributed by atoms with Crippen LogP contribution in [0.1, 0.15) is 15.9 Å². The van der Waals surface area contributed by atoms with E-state index in [2.05, 4.69) is 10.5 Å². The lowest BCUT2D eigenvalue weighted by Gasteiger charge is -2.11. The molecule has 0 spiro atoms. The largest absolute Gasteiger partial charge is 0.484 e. The van der Waals surface area contributed by atoms with E-state index in [1.807, 2.05) is 30.3 Å². The van der Waals surface area contributed by atoms with E-state index in [9.17, 15) is 14.0 Å². The maximum atomic E-state index is 13.0. The van der Waals surface area contributed by atoms with Crippen LogP contribution >= 0.6 is 11.6 Å². The average Bonchev–Trinajstić information content (AvgIpc) is 2.85. The van der Waals surface area contributed by atoms with E-state index in [1.54, 1.807) is 30.3 Å². The fourth-order valence-electron chi connectivity index (χ4n) is 3.12. The number of nitrogens with one attached hydrogen (secondary N) is 1. The summed E-state index contributed by atoms with van der Waals surface area (Å²) in [6.45, 7) is -0.309. The summed E-state index contributed by atoms with van der Waals surface area (Å²) >= 11 is 5.89. The number of nitrogens with zero attached hydrogens (tertiary/aromatic N) is 1. The summed E-state index contributed by atoms with van der Waals surface area (Å²) in [7, 11) is 0. The number of hydrogen-bond acceptors (Lipinski definition) is 5. The van der Waals surface area contributed by atoms with Gasteiger partial charge in [0.1, 0.15) is 17.3 Å². The number of hydrogen-bond donors (Lipinski definition) is 1. The molecule has 8 heteroatoms. The molecule has 0 atom stereocenters. The zero-order chi connectivity index (χ0) is 23.9. The smallest absolute Gasteiger partial charge is 0.343 e. The van der Waals surface area contributed by atoms with E-state index in [0.717, 1.165) is 10.8 Å². The first-order chi connectivity index (χ1) is 16.5. The van der Waals surface area contributed by atoms with Crippen molar-refractivity contribution in [1.29, 1.82) is 0 Å². The third kappa shape index (κ3) is 5.76. The first-order valence-corrected chi connectivity index (χ1v) is 10.6. The summed E-state index contributed by atoms with van der Waals surface area (Å²) in [5.41, 5.74) is 3.23. The fraction of sp³-hybridized carbons (Fsp3) is 0.0385. The number of amides is 1. The Morgan fingerprint density at radius 1 is 0.941 bits per heavy atom. The second kappa shape index (κ2) is 10.6. The number of carbonyl (C=O) groups is 2. The van der Waals surface area contributed by atoms with Gasteiger partial charge in [0, 0.05) is 10.6 Å². The van der Waals surface area contributed by atoms with Gasteiger partial charge >= 0.3 is 5.97 Å². The van der Waals surface area contributed by atoms with Crippen molar-refractivity contribution >= 4 is 40.5 Å². The normalized spacial score (nSPS) is 10.9. The van der Waals surface area contributed by atoms with Gasteiger partial charge in [-0.2, -0.15) is 5.10 Å². The molecule has 4 aromatic rings. The molecule has 4 aromatic carbocycles. The van der Waals surface area contributed by atoms with Crippen LogP contribution in [0.4, 0.5) is 4.39 Å². The molecular weight excluding hydrogens is 459 g/mol. The molecule has 0 aliphatic heterocycles. The van der Waals surface area contributed by atoms with Gasteiger partial charge in [0.2, 0.25) is 0 Å². The molecular formula is C26H18ClFN2O4. The monoisotopic (exact) mass is 476 g/mol. The van der Waals surface area contributed by atoms with Gasteiger partial charge in [0.05, 0.1) is 11.8 Å². The van der Waals surface area contributed by atoms with Crippen LogP contribution in [-0.4, -0.2) is 24.7 Å². The lowest BCUT2D eigenvalue weighted by Crippen LogP contribution is -2.24. The molecule has 1 amide bonds. The van der Waals surface area contributed by atoms with Crippen molar-refractivity contribution in [2.24, 2.45) is 5.10 Å². The van der Waals surface area contributed by atoms with E-state index < -0.39 is 17.7 Å². The first-order valence-electron chi connectivity index (χ1n) is 10.2. The number of halogens is 2. The van der Waals surface area contributed by atoms with Crippen molar-refractivity contribution in [3.05, 3.63) is 107 Å². The van der Waals surface area contributed by atoms with Gasteiger partial charge in [-0.3, -0.25) is 4.79 Å². The van der Waals surface area contributed by atoms with Gasteiger partial charge < -0.3 is 9.47 Å². The van der Waals surface area contributed by atoms with E-state index in [1.165, 1.54) is 30.5 Å². The number of rotatable bonds is 7. The third-order valence-corrected chi connectivity index (χ3v) is 5.03. The van der Waals surface area contributed by atoms with E-state index >= 15 is 0 Å². The Bertz CT molecular complexity index is 1360. The zero-order valence-electron chi connectivity index (χ0n) is 17.7. The molecule has 0 aliphatic rings. The fourth-order valence-corrected chi connectivity index (χ4v) is 3.25. The summed E-state index contributed by atoms with van der Waals surface area (Å²) in [4.78, 5) is 24.7. The Morgan fingerprint density at radius 3 is 2.44 bits per heavy atom. The van der Waals surface area contributed by atoms with Crippen molar-refractivity contribution < 1.29 is 23.5 Å². The Balaban J connectivity index is 1.50.